The van der Waals surface area contributed by atoms with Crippen molar-refractivity contribution >= 4 is 38.2 Å². The molecule has 0 N–H and O–H groups in total. The Bertz CT molecular complexity index is 1180. The lowest BCUT2D eigenvalue weighted by molar-refractivity contribution is 0.0789. The average Bonchev–Trinajstić information content (AvgIpc) is 2.97. The van der Waals surface area contributed by atoms with Gasteiger partial charge in [0.2, 0.25) is 0 Å². The van der Waals surface area contributed by atoms with E-state index in [-0.39, 0.29) is 5.91 Å². The maximum absolute atomic E-state index is 13.1. The molecular weight excluding hydrogens is 354 g/mol. The first kappa shape index (κ1) is 17.6. The molecule has 0 bridgehead atoms. The third kappa shape index (κ3) is 3.19. The Labute approximate surface area is 162 Å². The molecule has 4 rings (SSSR count). The lowest BCUT2D eigenvalue weighted by Crippen LogP contribution is -2.25. The van der Waals surface area contributed by atoms with Gasteiger partial charge in [-0.05, 0) is 48.7 Å². The van der Waals surface area contributed by atoms with Crippen LogP contribution >= 0.6 is 11.3 Å². The molecule has 1 amide bonds. The summed E-state index contributed by atoms with van der Waals surface area (Å²) < 4.78 is 0. The highest BCUT2D eigenvalue weighted by molar-refractivity contribution is 7.20. The Hall–Kier alpha value is -2.79. The van der Waals surface area contributed by atoms with Crippen molar-refractivity contribution in [2.75, 3.05) is 7.05 Å². The van der Waals surface area contributed by atoms with Crippen molar-refractivity contribution in [1.82, 2.24) is 14.9 Å². The lowest BCUT2D eigenvalue weighted by Gasteiger charge is -2.17. The number of hydrogen-bond acceptors (Lipinski definition) is 4. The van der Waals surface area contributed by atoms with Gasteiger partial charge in [-0.3, -0.25) is 4.79 Å². The smallest absolute Gasteiger partial charge is 0.264 e. The molecule has 0 unspecified atom stereocenters. The largest absolute Gasteiger partial charge is 0.337 e. The van der Waals surface area contributed by atoms with Crippen molar-refractivity contribution in [2.24, 2.45) is 0 Å². The summed E-state index contributed by atoms with van der Waals surface area (Å²) >= 11 is 1.46. The van der Waals surface area contributed by atoms with Gasteiger partial charge in [0.25, 0.3) is 5.91 Å². The van der Waals surface area contributed by atoms with E-state index < -0.39 is 0 Å². The number of hydrogen-bond donors (Lipinski definition) is 0. The Morgan fingerprint density at radius 2 is 1.78 bits per heavy atom. The van der Waals surface area contributed by atoms with Crippen LogP contribution in [0.1, 0.15) is 32.3 Å². The van der Waals surface area contributed by atoms with Gasteiger partial charge in [0, 0.05) is 24.7 Å². The molecule has 27 heavy (non-hydrogen) atoms. The van der Waals surface area contributed by atoms with Crippen LogP contribution in [0.5, 0.6) is 0 Å². The number of benzene rings is 2. The highest BCUT2D eigenvalue weighted by Crippen LogP contribution is 2.32. The quantitative estimate of drug-likeness (QED) is 0.504. The standard InChI is InChI=1S/C22H21N3OS/c1-13-19-14(2)23-15(3)24-21(19)27-20(13)22(26)25(4)12-16-9-10-17-7-5-6-8-18(17)11-16/h5-11H,12H2,1-4H3. The van der Waals surface area contributed by atoms with Gasteiger partial charge in [0.1, 0.15) is 10.7 Å². The van der Waals surface area contributed by atoms with Gasteiger partial charge in [-0.25, -0.2) is 9.97 Å². The second-order valence-electron chi connectivity index (χ2n) is 6.94. The lowest BCUT2D eigenvalue weighted by atomic mass is 10.1. The molecule has 0 saturated carbocycles. The maximum Gasteiger partial charge on any atom is 0.264 e. The van der Waals surface area contributed by atoms with Crippen LogP contribution in [0.3, 0.4) is 0 Å². The zero-order valence-electron chi connectivity index (χ0n) is 15.9. The number of amides is 1. The second-order valence-corrected chi connectivity index (χ2v) is 7.93. The molecule has 0 aliphatic heterocycles. The van der Waals surface area contributed by atoms with Gasteiger partial charge in [0.15, 0.2) is 0 Å². The molecule has 5 heteroatoms. The van der Waals surface area contributed by atoms with Crippen LogP contribution in [0, 0.1) is 20.8 Å². The molecule has 4 aromatic rings. The van der Waals surface area contributed by atoms with E-state index in [0.717, 1.165) is 37.7 Å². The monoisotopic (exact) mass is 375 g/mol. The molecule has 0 spiro atoms. The summed E-state index contributed by atoms with van der Waals surface area (Å²) in [4.78, 5) is 25.5. The van der Waals surface area contributed by atoms with Crippen LogP contribution in [0.25, 0.3) is 21.0 Å². The minimum Gasteiger partial charge on any atom is -0.337 e. The topological polar surface area (TPSA) is 46.1 Å². The first-order valence-electron chi connectivity index (χ1n) is 8.91. The van der Waals surface area contributed by atoms with Crippen LogP contribution in [-0.4, -0.2) is 27.8 Å². The summed E-state index contributed by atoms with van der Waals surface area (Å²) in [6.07, 6.45) is 0. The number of aryl methyl sites for hydroxylation is 3. The molecule has 0 atom stereocenters. The van der Waals surface area contributed by atoms with E-state index in [4.69, 9.17) is 0 Å². The number of thiophene rings is 1. The minimum absolute atomic E-state index is 0.0284. The van der Waals surface area contributed by atoms with Gasteiger partial charge >= 0.3 is 0 Å². The fourth-order valence-electron chi connectivity index (χ4n) is 3.53. The average molecular weight is 375 g/mol. The highest BCUT2D eigenvalue weighted by Gasteiger charge is 2.21. The predicted molar refractivity (Wildman–Crippen MR) is 111 cm³/mol. The van der Waals surface area contributed by atoms with E-state index in [2.05, 4.69) is 40.3 Å². The van der Waals surface area contributed by atoms with Crippen molar-refractivity contribution in [3.05, 3.63) is 70.0 Å². The van der Waals surface area contributed by atoms with Crippen LogP contribution < -0.4 is 0 Å². The van der Waals surface area contributed by atoms with Crippen LogP contribution in [0.2, 0.25) is 0 Å². The van der Waals surface area contributed by atoms with Gasteiger partial charge < -0.3 is 4.90 Å². The molecule has 136 valence electrons. The fourth-order valence-corrected chi connectivity index (χ4v) is 4.81. The number of rotatable bonds is 3. The summed E-state index contributed by atoms with van der Waals surface area (Å²) in [5.74, 6) is 0.769. The number of nitrogens with zero attached hydrogens (tertiary/aromatic N) is 3. The first-order chi connectivity index (χ1) is 12.9. The molecule has 4 nitrogen and oxygen atoms in total. The Morgan fingerprint density at radius 1 is 1.04 bits per heavy atom. The van der Waals surface area contributed by atoms with Crippen molar-refractivity contribution in [1.29, 1.82) is 0 Å². The van der Waals surface area contributed by atoms with Crippen molar-refractivity contribution in [3.63, 3.8) is 0 Å². The van der Waals surface area contributed by atoms with Crippen molar-refractivity contribution in [3.8, 4) is 0 Å². The molecule has 0 aliphatic carbocycles. The Morgan fingerprint density at radius 3 is 2.56 bits per heavy atom. The van der Waals surface area contributed by atoms with Crippen LogP contribution in [-0.2, 0) is 6.54 Å². The van der Waals surface area contributed by atoms with Gasteiger partial charge in [-0.1, -0.05) is 36.4 Å². The summed E-state index contributed by atoms with van der Waals surface area (Å²) in [5.41, 5.74) is 3.03. The summed E-state index contributed by atoms with van der Waals surface area (Å²) in [6.45, 7) is 6.42. The van der Waals surface area contributed by atoms with Gasteiger partial charge in [-0.15, -0.1) is 11.3 Å². The summed E-state index contributed by atoms with van der Waals surface area (Å²) in [5, 5.41) is 3.41. The second kappa shape index (κ2) is 6.74. The SMILES string of the molecule is Cc1nc(C)c2c(C)c(C(=O)N(C)Cc3ccc4ccccc4c3)sc2n1. The van der Waals surface area contributed by atoms with E-state index in [1.54, 1.807) is 4.90 Å². The first-order valence-corrected chi connectivity index (χ1v) is 9.73. The zero-order valence-corrected chi connectivity index (χ0v) is 16.7. The number of fused-ring (bicyclic) bond motifs is 2. The molecule has 0 saturated heterocycles. The van der Waals surface area contributed by atoms with E-state index in [0.29, 0.717) is 6.54 Å². The fraction of sp³-hybridized carbons (Fsp3) is 0.227. The number of carbonyl (C=O) groups excluding carboxylic acids is 1. The van der Waals surface area contributed by atoms with E-state index >= 15 is 0 Å². The molecule has 2 aromatic heterocycles. The number of carbonyl (C=O) groups is 1. The normalized spacial score (nSPS) is 11.3. The van der Waals surface area contributed by atoms with Gasteiger partial charge in [-0.2, -0.15) is 0 Å². The minimum atomic E-state index is 0.0284. The molecule has 2 heterocycles. The molecular formula is C22H21N3OS. The van der Waals surface area contributed by atoms with Crippen LogP contribution in [0.4, 0.5) is 0 Å². The Kier molecular flexibility index (Phi) is 4.40. The Balaban J connectivity index is 1.64. The molecule has 0 radical (unpaired) electrons. The van der Waals surface area contributed by atoms with Gasteiger partial charge in [0.05, 0.1) is 4.88 Å². The van der Waals surface area contributed by atoms with Crippen molar-refractivity contribution in [2.45, 2.75) is 27.3 Å². The highest BCUT2D eigenvalue weighted by atomic mass is 32.1. The van der Waals surface area contributed by atoms with E-state index in [1.165, 1.54) is 22.1 Å². The van der Waals surface area contributed by atoms with Crippen LogP contribution in [0.15, 0.2) is 42.5 Å². The van der Waals surface area contributed by atoms with E-state index in [9.17, 15) is 4.79 Å². The van der Waals surface area contributed by atoms with E-state index in [1.807, 2.05) is 40.0 Å². The predicted octanol–water partition coefficient (Wildman–Crippen LogP) is 5.04. The zero-order chi connectivity index (χ0) is 19.1. The maximum atomic E-state index is 13.1. The summed E-state index contributed by atoms with van der Waals surface area (Å²) in [7, 11) is 1.85. The molecule has 0 fully saturated rings. The van der Waals surface area contributed by atoms with Crippen molar-refractivity contribution < 1.29 is 4.79 Å². The summed E-state index contributed by atoms with van der Waals surface area (Å²) in [6, 6.07) is 14.6. The molecule has 2 aromatic carbocycles. The third-order valence-corrected chi connectivity index (χ3v) is 6.03. The number of aromatic nitrogens is 2. The molecule has 0 aliphatic rings. The third-order valence-electron chi connectivity index (χ3n) is 4.86.